The van der Waals surface area contributed by atoms with Gasteiger partial charge in [-0.15, -0.1) is 0 Å². The van der Waals surface area contributed by atoms with Crippen molar-refractivity contribution in [3.63, 3.8) is 0 Å². The van der Waals surface area contributed by atoms with Gasteiger partial charge in [0.1, 0.15) is 5.60 Å². The molecule has 0 bridgehead atoms. The van der Waals surface area contributed by atoms with E-state index in [1.54, 1.807) is 4.90 Å². The molecule has 2 amide bonds. The molecule has 7 nitrogen and oxygen atoms in total. The van der Waals surface area contributed by atoms with Gasteiger partial charge in [0, 0.05) is 24.0 Å². The van der Waals surface area contributed by atoms with Crippen LogP contribution < -0.4 is 5.32 Å². The number of hydrogen-bond acceptors (Lipinski definition) is 4. The number of benzene rings is 3. The lowest BCUT2D eigenvalue weighted by Crippen LogP contribution is -2.52. The number of rotatable bonds is 4. The van der Waals surface area contributed by atoms with Gasteiger partial charge in [-0.1, -0.05) is 42.5 Å². The molecule has 0 atom stereocenters. The minimum atomic E-state index is -0.523. The predicted octanol–water partition coefficient (Wildman–Crippen LogP) is 5.71. The minimum absolute atomic E-state index is 0.0501. The van der Waals surface area contributed by atoms with Crippen molar-refractivity contribution < 1.29 is 14.3 Å². The summed E-state index contributed by atoms with van der Waals surface area (Å²) in [4.78, 5) is 27.7. The molecule has 0 spiro atoms. The largest absolute Gasteiger partial charge is 0.444 e. The minimum Gasteiger partial charge on any atom is -0.444 e. The normalized spacial score (nSPS) is 17.0. The molecule has 2 heterocycles. The summed E-state index contributed by atoms with van der Waals surface area (Å²) in [6, 6.07) is 18.7. The Morgan fingerprint density at radius 1 is 1.03 bits per heavy atom. The molecule has 3 aromatic carbocycles. The Kier molecular flexibility index (Phi) is 5.30. The molecule has 2 fully saturated rings. The zero-order valence-corrected chi connectivity index (χ0v) is 21.7. The van der Waals surface area contributed by atoms with E-state index in [1.807, 2.05) is 62.8 Å². The number of hydrogen-bond donors (Lipinski definition) is 1. The monoisotopic (exact) mass is 496 g/mol. The lowest BCUT2D eigenvalue weighted by Gasteiger charge is -2.39. The summed E-state index contributed by atoms with van der Waals surface area (Å²) in [5, 5.41) is 11.3. The van der Waals surface area contributed by atoms with Crippen LogP contribution in [-0.4, -0.2) is 45.4 Å². The molecular weight excluding hydrogens is 464 g/mol. The molecule has 1 aromatic heterocycles. The summed E-state index contributed by atoms with van der Waals surface area (Å²) in [5.41, 5.74) is 2.80. The first kappa shape index (κ1) is 23.5. The van der Waals surface area contributed by atoms with Crippen molar-refractivity contribution in [3.8, 4) is 0 Å². The number of nitrogens with one attached hydrogen (secondary N) is 1. The second-order valence-corrected chi connectivity index (χ2v) is 11.4. The average Bonchev–Trinajstić information content (AvgIpc) is 3.48. The third-order valence-corrected chi connectivity index (χ3v) is 7.45. The zero-order valence-electron chi connectivity index (χ0n) is 21.7. The summed E-state index contributed by atoms with van der Waals surface area (Å²) >= 11 is 0. The highest BCUT2D eigenvalue weighted by Gasteiger charge is 2.46. The Labute approximate surface area is 216 Å². The van der Waals surface area contributed by atoms with Gasteiger partial charge in [0.2, 0.25) is 0 Å². The molecule has 1 N–H and O–H groups in total. The Balaban J connectivity index is 1.24. The quantitative estimate of drug-likeness (QED) is 0.393. The number of fused-ring (bicyclic) bond motifs is 2. The highest BCUT2D eigenvalue weighted by atomic mass is 16.6. The molecule has 37 heavy (non-hydrogen) atoms. The molecule has 7 heteroatoms. The van der Waals surface area contributed by atoms with E-state index in [0.717, 1.165) is 29.3 Å². The first-order valence-electron chi connectivity index (χ1n) is 12.9. The van der Waals surface area contributed by atoms with Gasteiger partial charge in [0.05, 0.1) is 23.3 Å². The first-order valence-corrected chi connectivity index (χ1v) is 12.9. The summed E-state index contributed by atoms with van der Waals surface area (Å²) in [5.74, 6) is -0.0680. The standard InChI is InChI=1S/C30H32N4O3/c1-19-14-21-16-31-34(22-17-33(18-22)28(36)37-29(2,3)4)26(21)15-24(19)27(35)32-30(12-13-30)25-11-7-9-20-8-5-6-10-23(20)25/h5-11,14-16,22H,12-13,17-18H2,1-4H3,(H,32,35). The number of aryl methyl sites for hydroxylation is 1. The molecule has 6 rings (SSSR count). The van der Waals surface area contributed by atoms with Crippen molar-refractivity contribution in [2.45, 2.75) is 57.7 Å². The fraction of sp³-hybridized carbons (Fsp3) is 0.367. The molecule has 1 aliphatic carbocycles. The van der Waals surface area contributed by atoms with Gasteiger partial charge in [0.25, 0.3) is 5.91 Å². The third kappa shape index (κ3) is 4.22. The van der Waals surface area contributed by atoms with Gasteiger partial charge in [-0.25, -0.2) is 4.79 Å². The molecule has 0 unspecified atom stereocenters. The Hall–Kier alpha value is -3.87. The average molecular weight is 497 g/mol. The van der Waals surface area contributed by atoms with E-state index in [-0.39, 0.29) is 23.6 Å². The highest BCUT2D eigenvalue weighted by Crippen LogP contribution is 2.48. The van der Waals surface area contributed by atoms with Crippen LogP contribution >= 0.6 is 0 Å². The second-order valence-electron chi connectivity index (χ2n) is 11.4. The van der Waals surface area contributed by atoms with Crippen LogP contribution in [-0.2, 0) is 10.3 Å². The van der Waals surface area contributed by atoms with Crippen LogP contribution in [0.4, 0.5) is 4.79 Å². The van der Waals surface area contributed by atoms with Crippen molar-refractivity contribution in [1.82, 2.24) is 20.0 Å². The molecular formula is C30H32N4O3. The lowest BCUT2D eigenvalue weighted by atomic mass is 9.96. The van der Waals surface area contributed by atoms with Crippen molar-refractivity contribution in [3.05, 3.63) is 77.5 Å². The smallest absolute Gasteiger partial charge is 0.410 e. The van der Waals surface area contributed by atoms with E-state index in [2.05, 4.69) is 40.7 Å². The maximum atomic E-state index is 13.6. The number of likely N-dealkylation sites (tertiary alicyclic amines) is 1. The molecule has 1 saturated carbocycles. The fourth-order valence-corrected chi connectivity index (χ4v) is 5.34. The van der Waals surface area contributed by atoms with Gasteiger partial charge in [-0.2, -0.15) is 5.10 Å². The van der Waals surface area contributed by atoms with Crippen LogP contribution in [0.25, 0.3) is 21.7 Å². The van der Waals surface area contributed by atoms with Crippen LogP contribution in [0.5, 0.6) is 0 Å². The van der Waals surface area contributed by atoms with E-state index < -0.39 is 5.60 Å². The summed E-state index contributed by atoms with van der Waals surface area (Å²) < 4.78 is 7.42. The van der Waals surface area contributed by atoms with Gasteiger partial charge >= 0.3 is 6.09 Å². The number of nitrogens with zero attached hydrogens (tertiary/aromatic N) is 3. The number of ether oxygens (including phenoxy) is 1. The number of carbonyl (C=O) groups excluding carboxylic acids is 2. The van der Waals surface area contributed by atoms with Gasteiger partial charge in [-0.05, 0) is 74.6 Å². The van der Waals surface area contributed by atoms with Crippen molar-refractivity contribution >= 4 is 33.7 Å². The molecule has 2 aliphatic rings. The summed E-state index contributed by atoms with van der Waals surface area (Å²) in [6.45, 7) is 8.63. The summed E-state index contributed by atoms with van der Waals surface area (Å²) in [6.07, 6.45) is 3.38. The number of aromatic nitrogens is 2. The molecule has 4 aromatic rings. The maximum Gasteiger partial charge on any atom is 0.410 e. The van der Waals surface area contributed by atoms with Crippen molar-refractivity contribution in [2.75, 3.05) is 13.1 Å². The van der Waals surface area contributed by atoms with E-state index in [0.29, 0.717) is 18.7 Å². The Bertz CT molecular complexity index is 1530. The Morgan fingerprint density at radius 2 is 1.76 bits per heavy atom. The highest BCUT2D eigenvalue weighted by molar-refractivity contribution is 6.00. The van der Waals surface area contributed by atoms with Crippen molar-refractivity contribution in [2.24, 2.45) is 0 Å². The van der Waals surface area contributed by atoms with Crippen LogP contribution in [0.1, 0.15) is 61.1 Å². The van der Waals surface area contributed by atoms with Gasteiger partial charge < -0.3 is 15.0 Å². The second kappa shape index (κ2) is 8.33. The fourth-order valence-electron chi connectivity index (χ4n) is 5.34. The van der Waals surface area contributed by atoms with Crippen molar-refractivity contribution in [1.29, 1.82) is 0 Å². The summed E-state index contributed by atoms with van der Waals surface area (Å²) in [7, 11) is 0. The van der Waals surface area contributed by atoms with Crippen LogP contribution in [0.15, 0.2) is 60.8 Å². The molecule has 190 valence electrons. The maximum absolute atomic E-state index is 13.6. The Morgan fingerprint density at radius 3 is 2.49 bits per heavy atom. The third-order valence-electron chi connectivity index (χ3n) is 7.45. The molecule has 1 saturated heterocycles. The molecule has 0 radical (unpaired) electrons. The van der Waals surface area contributed by atoms with Crippen LogP contribution in [0, 0.1) is 6.92 Å². The predicted molar refractivity (Wildman–Crippen MR) is 144 cm³/mol. The SMILES string of the molecule is Cc1cc2cnn(C3CN(C(=O)OC(C)(C)C)C3)c2cc1C(=O)NC1(c2cccc3ccccc23)CC1. The first-order chi connectivity index (χ1) is 17.6. The van der Waals surface area contributed by atoms with E-state index in [9.17, 15) is 9.59 Å². The van der Waals surface area contributed by atoms with E-state index >= 15 is 0 Å². The van der Waals surface area contributed by atoms with Gasteiger partial charge in [-0.3, -0.25) is 9.48 Å². The zero-order chi connectivity index (χ0) is 25.9. The number of amides is 2. The molecule has 1 aliphatic heterocycles. The van der Waals surface area contributed by atoms with E-state index in [4.69, 9.17) is 4.74 Å². The topological polar surface area (TPSA) is 76.5 Å². The lowest BCUT2D eigenvalue weighted by molar-refractivity contribution is 0.000154. The van der Waals surface area contributed by atoms with Crippen LogP contribution in [0.2, 0.25) is 0 Å². The number of carbonyl (C=O) groups is 2. The van der Waals surface area contributed by atoms with E-state index in [1.165, 1.54) is 16.3 Å². The van der Waals surface area contributed by atoms with Gasteiger partial charge in [0.15, 0.2) is 0 Å². The van der Waals surface area contributed by atoms with Crippen LogP contribution in [0.3, 0.4) is 0 Å².